The molecule has 7 heteroatoms. The van der Waals surface area contributed by atoms with Crippen LogP contribution in [0.25, 0.3) is 22.3 Å². The first-order valence-electron chi connectivity index (χ1n) is 8.40. The molecule has 4 rings (SSSR count). The van der Waals surface area contributed by atoms with Crippen LogP contribution < -0.4 is 11.5 Å². The van der Waals surface area contributed by atoms with Gasteiger partial charge in [0, 0.05) is 11.3 Å². The summed E-state index contributed by atoms with van der Waals surface area (Å²) in [4.78, 5) is 8.77. The van der Waals surface area contributed by atoms with E-state index < -0.39 is 0 Å². The van der Waals surface area contributed by atoms with Crippen molar-refractivity contribution in [2.75, 3.05) is 11.5 Å². The van der Waals surface area contributed by atoms with Crippen LogP contribution >= 0.6 is 0 Å². The van der Waals surface area contributed by atoms with Crippen LogP contribution in [0.5, 0.6) is 0 Å². The van der Waals surface area contributed by atoms with Crippen LogP contribution in [0.15, 0.2) is 48.7 Å². The van der Waals surface area contributed by atoms with E-state index in [4.69, 9.17) is 16.7 Å². The van der Waals surface area contributed by atoms with Crippen LogP contribution in [-0.4, -0.2) is 19.7 Å². The van der Waals surface area contributed by atoms with Crippen LogP contribution in [0, 0.1) is 18.3 Å². The number of nitrogen functional groups attached to an aromatic ring is 2. The van der Waals surface area contributed by atoms with Crippen LogP contribution in [-0.2, 0) is 6.54 Å². The van der Waals surface area contributed by atoms with Gasteiger partial charge in [0.15, 0.2) is 5.65 Å². The fraction of sp³-hybridized carbons (Fsp3) is 0.100. The Morgan fingerprint density at radius 3 is 2.74 bits per heavy atom. The minimum Gasteiger partial charge on any atom is -0.399 e. The summed E-state index contributed by atoms with van der Waals surface area (Å²) < 4.78 is 1.80. The lowest BCUT2D eigenvalue weighted by Gasteiger charge is -2.09. The van der Waals surface area contributed by atoms with E-state index in [2.05, 4.69) is 21.1 Å². The molecule has 4 N–H and O–H groups in total. The summed E-state index contributed by atoms with van der Waals surface area (Å²) in [5, 5.41) is 14.4. The Hall–Kier alpha value is -3.92. The van der Waals surface area contributed by atoms with E-state index in [0.717, 1.165) is 27.8 Å². The number of anilines is 2. The molecule has 0 spiro atoms. The molecule has 0 saturated heterocycles. The maximum absolute atomic E-state index is 9.16. The Balaban J connectivity index is 1.84. The zero-order valence-electron chi connectivity index (χ0n) is 14.7. The molecule has 0 aliphatic heterocycles. The minimum atomic E-state index is 0.163. The monoisotopic (exact) mass is 355 g/mol. The molecule has 0 bridgehead atoms. The normalized spacial score (nSPS) is 10.8. The third-order valence-corrected chi connectivity index (χ3v) is 4.47. The van der Waals surface area contributed by atoms with E-state index in [1.165, 1.54) is 0 Å². The predicted octanol–water partition coefficient (Wildman–Crippen LogP) is 2.89. The molecule has 0 aliphatic carbocycles. The standard InChI is InChI=1S/C20H17N7/c1-12-7-16(22)6-5-15(12)11-27-19-17(10-24-27)18(25-20(23)26-19)14-4-2-3-13(8-14)9-21/h2-8,10H,11,22H2,1H3,(H2,23,25,26). The fourth-order valence-corrected chi connectivity index (χ4v) is 3.10. The van der Waals surface area contributed by atoms with E-state index in [9.17, 15) is 0 Å². The van der Waals surface area contributed by atoms with E-state index >= 15 is 0 Å². The Morgan fingerprint density at radius 1 is 1.11 bits per heavy atom. The molecule has 0 radical (unpaired) electrons. The number of hydrogen-bond acceptors (Lipinski definition) is 6. The summed E-state index contributed by atoms with van der Waals surface area (Å²) in [5.41, 5.74) is 17.4. The molecule has 2 heterocycles. The second-order valence-electron chi connectivity index (χ2n) is 6.35. The average molecular weight is 355 g/mol. The number of aryl methyl sites for hydroxylation is 1. The van der Waals surface area contributed by atoms with Gasteiger partial charge in [-0.25, -0.2) is 9.67 Å². The Labute approximate surface area is 155 Å². The number of benzene rings is 2. The molecule has 7 nitrogen and oxygen atoms in total. The number of hydrogen-bond donors (Lipinski definition) is 2. The molecule has 4 aromatic rings. The maximum atomic E-state index is 9.16. The van der Waals surface area contributed by atoms with E-state index in [0.29, 0.717) is 23.4 Å². The number of rotatable bonds is 3. The van der Waals surface area contributed by atoms with Crippen molar-refractivity contribution in [3.05, 3.63) is 65.4 Å². The van der Waals surface area contributed by atoms with Gasteiger partial charge in [0.2, 0.25) is 5.95 Å². The predicted molar refractivity (Wildman–Crippen MR) is 105 cm³/mol. The smallest absolute Gasteiger partial charge is 0.222 e. The van der Waals surface area contributed by atoms with Crippen molar-refractivity contribution in [2.24, 2.45) is 0 Å². The Kier molecular flexibility index (Phi) is 3.94. The molecule has 0 saturated carbocycles. The largest absolute Gasteiger partial charge is 0.399 e. The van der Waals surface area contributed by atoms with E-state index in [1.807, 2.05) is 37.3 Å². The second-order valence-corrected chi connectivity index (χ2v) is 6.35. The van der Waals surface area contributed by atoms with Gasteiger partial charge in [-0.3, -0.25) is 0 Å². The van der Waals surface area contributed by atoms with Gasteiger partial charge in [-0.15, -0.1) is 0 Å². The first-order valence-corrected chi connectivity index (χ1v) is 8.40. The quantitative estimate of drug-likeness (QED) is 0.545. The van der Waals surface area contributed by atoms with Gasteiger partial charge in [-0.2, -0.15) is 15.3 Å². The number of fused-ring (bicyclic) bond motifs is 1. The van der Waals surface area contributed by atoms with E-state index in [1.54, 1.807) is 23.0 Å². The van der Waals surface area contributed by atoms with Crippen LogP contribution in [0.1, 0.15) is 16.7 Å². The number of nitriles is 1. The zero-order valence-corrected chi connectivity index (χ0v) is 14.7. The molecule has 0 fully saturated rings. The molecular formula is C20H17N7. The topological polar surface area (TPSA) is 119 Å². The Bertz CT molecular complexity index is 1200. The third kappa shape index (κ3) is 3.04. The number of nitrogens with zero attached hydrogens (tertiary/aromatic N) is 5. The first-order chi connectivity index (χ1) is 13.0. The lowest BCUT2D eigenvalue weighted by Crippen LogP contribution is -2.06. The van der Waals surface area contributed by atoms with Crippen molar-refractivity contribution in [3.63, 3.8) is 0 Å². The highest BCUT2D eigenvalue weighted by molar-refractivity contribution is 5.91. The minimum absolute atomic E-state index is 0.163. The van der Waals surface area contributed by atoms with Crippen molar-refractivity contribution in [3.8, 4) is 17.3 Å². The summed E-state index contributed by atoms with van der Waals surface area (Å²) in [7, 11) is 0. The highest BCUT2D eigenvalue weighted by Crippen LogP contribution is 2.28. The molecule has 132 valence electrons. The van der Waals surface area contributed by atoms with Gasteiger partial charge < -0.3 is 11.5 Å². The van der Waals surface area contributed by atoms with Crippen molar-refractivity contribution in [2.45, 2.75) is 13.5 Å². The molecular weight excluding hydrogens is 338 g/mol. The summed E-state index contributed by atoms with van der Waals surface area (Å²) in [6.45, 7) is 2.56. The van der Waals surface area contributed by atoms with Crippen LogP contribution in [0.3, 0.4) is 0 Å². The summed E-state index contributed by atoms with van der Waals surface area (Å²) in [5.74, 6) is 0.163. The number of aromatic nitrogens is 4. The van der Waals surface area contributed by atoms with Crippen LogP contribution in [0.4, 0.5) is 11.6 Å². The maximum Gasteiger partial charge on any atom is 0.222 e. The molecule has 0 unspecified atom stereocenters. The summed E-state index contributed by atoms with van der Waals surface area (Å²) >= 11 is 0. The number of nitrogens with two attached hydrogens (primary N) is 2. The second kappa shape index (κ2) is 6.42. The molecule has 0 amide bonds. The van der Waals surface area contributed by atoms with Gasteiger partial charge in [0.05, 0.1) is 35.5 Å². The van der Waals surface area contributed by atoms with Gasteiger partial charge in [0.25, 0.3) is 0 Å². The van der Waals surface area contributed by atoms with Gasteiger partial charge in [-0.1, -0.05) is 18.2 Å². The SMILES string of the molecule is Cc1cc(N)ccc1Cn1ncc2c(-c3cccc(C#N)c3)nc(N)nc21. The zero-order chi connectivity index (χ0) is 19.0. The molecule has 2 aromatic heterocycles. The molecule has 27 heavy (non-hydrogen) atoms. The van der Waals surface area contributed by atoms with Gasteiger partial charge in [-0.05, 0) is 42.3 Å². The summed E-state index contributed by atoms with van der Waals surface area (Å²) in [6, 6.07) is 15.2. The van der Waals surface area contributed by atoms with Gasteiger partial charge in [0.1, 0.15) is 0 Å². The van der Waals surface area contributed by atoms with Crippen molar-refractivity contribution in [1.29, 1.82) is 5.26 Å². The Morgan fingerprint density at radius 2 is 1.96 bits per heavy atom. The average Bonchev–Trinajstić information content (AvgIpc) is 3.06. The van der Waals surface area contributed by atoms with Gasteiger partial charge >= 0.3 is 0 Å². The van der Waals surface area contributed by atoms with Crippen molar-refractivity contribution in [1.82, 2.24) is 19.7 Å². The third-order valence-electron chi connectivity index (χ3n) is 4.47. The van der Waals surface area contributed by atoms with Crippen LogP contribution in [0.2, 0.25) is 0 Å². The molecule has 0 atom stereocenters. The summed E-state index contributed by atoms with van der Waals surface area (Å²) in [6.07, 6.45) is 1.73. The van der Waals surface area contributed by atoms with E-state index in [-0.39, 0.29) is 5.95 Å². The van der Waals surface area contributed by atoms with Crippen molar-refractivity contribution >= 4 is 22.7 Å². The molecule has 2 aromatic carbocycles. The molecule has 0 aliphatic rings. The fourth-order valence-electron chi connectivity index (χ4n) is 3.10. The van der Waals surface area contributed by atoms with Crippen molar-refractivity contribution < 1.29 is 0 Å². The lowest BCUT2D eigenvalue weighted by molar-refractivity contribution is 0.701. The highest BCUT2D eigenvalue weighted by atomic mass is 15.3. The first kappa shape index (κ1) is 16.5. The lowest BCUT2D eigenvalue weighted by atomic mass is 10.1. The highest BCUT2D eigenvalue weighted by Gasteiger charge is 2.14.